The van der Waals surface area contributed by atoms with Crippen LogP contribution in [-0.4, -0.2) is 38.3 Å². The molecule has 7 nitrogen and oxygen atoms in total. The van der Waals surface area contributed by atoms with Gasteiger partial charge in [-0.25, -0.2) is 4.98 Å². The molecule has 2 aromatic carbocycles. The second kappa shape index (κ2) is 7.84. The summed E-state index contributed by atoms with van der Waals surface area (Å²) in [7, 11) is 6.92. The summed E-state index contributed by atoms with van der Waals surface area (Å²) in [5, 5.41) is 9.95. The summed E-state index contributed by atoms with van der Waals surface area (Å²) >= 11 is 0. The van der Waals surface area contributed by atoms with Gasteiger partial charge >= 0.3 is 0 Å². The van der Waals surface area contributed by atoms with Crippen LogP contribution in [0, 0.1) is 11.3 Å². The highest BCUT2D eigenvalue weighted by Crippen LogP contribution is 2.30. The van der Waals surface area contributed by atoms with Gasteiger partial charge in [-0.3, -0.25) is 4.79 Å². The van der Waals surface area contributed by atoms with Crippen molar-refractivity contribution >= 4 is 28.2 Å². The zero-order chi connectivity index (χ0) is 20.3. The van der Waals surface area contributed by atoms with Crippen LogP contribution in [0.5, 0.6) is 11.5 Å². The van der Waals surface area contributed by atoms with Crippen molar-refractivity contribution in [3.63, 3.8) is 0 Å². The van der Waals surface area contributed by atoms with Gasteiger partial charge in [0.05, 0.1) is 30.7 Å². The van der Waals surface area contributed by atoms with Crippen molar-refractivity contribution in [2.45, 2.75) is 0 Å². The van der Waals surface area contributed by atoms with Gasteiger partial charge in [0.1, 0.15) is 6.07 Å². The number of anilines is 1. The Morgan fingerprint density at radius 2 is 1.79 bits per heavy atom. The van der Waals surface area contributed by atoms with Crippen LogP contribution in [0.15, 0.2) is 41.2 Å². The summed E-state index contributed by atoms with van der Waals surface area (Å²) in [5.41, 5.74) is 2.20. The number of benzene rings is 2. The third-order valence-electron chi connectivity index (χ3n) is 4.31. The molecule has 0 saturated heterocycles. The Morgan fingerprint density at radius 3 is 2.36 bits per heavy atom. The summed E-state index contributed by atoms with van der Waals surface area (Å²) in [6.45, 7) is 0. The van der Waals surface area contributed by atoms with Crippen LogP contribution in [0.1, 0.15) is 11.4 Å². The molecule has 28 heavy (non-hydrogen) atoms. The zero-order valence-electron chi connectivity index (χ0n) is 16.1. The number of hydrogen-bond acceptors (Lipinski definition) is 6. The van der Waals surface area contributed by atoms with E-state index in [1.807, 2.05) is 43.3 Å². The number of nitrogens with zero attached hydrogens (tertiary/aromatic N) is 3. The lowest BCUT2D eigenvalue weighted by molar-refractivity contribution is 0.355. The Hall–Kier alpha value is -3.79. The third-order valence-corrected chi connectivity index (χ3v) is 4.31. The number of methoxy groups -OCH3 is 2. The molecule has 7 heteroatoms. The molecule has 0 aliphatic carbocycles. The number of fused-ring (bicyclic) bond motifs is 1. The summed E-state index contributed by atoms with van der Waals surface area (Å²) in [6.07, 6.45) is 1.68. The Morgan fingerprint density at radius 1 is 1.14 bits per heavy atom. The average Bonchev–Trinajstić information content (AvgIpc) is 2.71. The first kappa shape index (κ1) is 19.0. The number of H-pyrrole nitrogens is 1. The molecule has 0 amide bonds. The van der Waals surface area contributed by atoms with Crippen molar-refractivity contribution in [3.8, 4) is 17.6 Å². The molecule has 1 heterocycles. The number of aromatic nitrogens is 2. The van der Waals surface area contributed by atoms with Gasteiger partial charge in [-0.05, 0) is 29.8 Å². The molecule has 1 N–H and O–H groups in total. The predicted octanol–water partition coefficient (Wildman–Crippen LogP) is 3.07. The molecular weight excluding hydrogens is 356 g/mol. The van der Waals surface area contributed by atoms with Gasteiger partial charge in [0.25, 0.3) is 5.56 Å². The van der Waals surface area contributed by atoms with Gasteiger partial charge in [0, 0.05) is 25.8 Å². The van der Waals surface area contributed by atoms with Gasteiger partial charge < -0.3 is 19.4 Å². The van der Waals surface area contributed by atoms with Gasteiger partial charge in [0.15, 0.2) is 17.3 Å². The van der Waals surface area contributed by atoms with E-state index >= 15 is 0 Å². The second-order valence-corrected chi connectivity index (χ2v) is 6.29. The van der Waals surface area contributed by atoms with E-state index in [1.165, 1.54) is 14.2 Å². The second-order valence-electron chi connectivity index (χ2n) is 6.29. The van der Waals surface area contributed by atoms with Crippen LogP contribution in [0.2, 0.25) is 0 Å². The van der Waals surface area contributed by atoms with E-state index in [4.69, 9.17) is 9.47 Å². The molecular formula is C21H20N4O3. The molecule has 3 rings (SSSR count). The van der Waals surface area contributed by atoms with E-state index in [0.29, 0.717) is 22.4 Å². The molecule has 0 aliphatic heterocycles. The topological polar surface area (TPSA) is 91.2 Å². The SMILES string of the molecule is COc1cc2nc(C(C#N)=Cc3ccc(N(C)C)cc3)[nH]c(=O)c2cc1OC. The lowest BCUT2D eigenvalue weighted by Gasteiger charge is -2.12. The smallest absolute Gasteiger partial charge is 0.259 e. The lowest BCUT2D eigenvalue weighted by atomic mass is 10.1. The number of rotatable bonds is 5. The Kier molecular flexibility index (Phi) is 5.32. The zero-order valence-corrected chi connectivity index (χ0v) is 16.1. The minimum atomic E-state index is -0.356. The van der Waals surface area contributed by atoms with E-state index in [2.05, 4.69) is 16.0 Å². The maximum absolute atomic E-state index is 12.5. The molecule has 3 aromatic rings. The highest BCUT2D eigenvalue weighted by Gasteiger charge is 2.13. The standard InChI is InChI=1S/C21H20N4O3/c1-25(2)15-7-5-13(6-8-15)9-14(12-22)20-23-17-11-19(28-4)18(27-3)10-16(17)21(26)24-20/h5-11H,1-4H3,(H,23,24,26). The van der Waals surface area contributed by atoms with Crippen molar-refractivity contribution < 1.29 is 9.47 Å². The molecule has 0 radical (unpaired) electrons. The van der Waals surface area contributed by atoms with Crippen LogP contribution < -0.4 is 19.9 Å². The fourth-order valence-electron chi connectivity index (χ4n) is 2.78. The van der Waals surface area contributed by atoms with E-state index in [-0.39, 0.29) is 17.0 Å². The van der Waals surface area contributed by atoms with Crippen molar-refractivity contribution in [3.05, 3.63) is 58.1 Å². The normalized spacial score (nSPS) is 11.2. The molecule has 1 aromatic heterocycles. The van der Waals surface area contributed by atoms with Crippen LogP contribution in [0.25, 0.3) is 22.6 Å². The largest absolute Gasteiger partial charge is 0.493 e. The summed E-state index contributed by atoms with van der Waals surface area (Å²) in [4.78, 5) is 21.6. The number of ether oxygens (including phenoxy) is 2. The average molecular weight is 376 g/mol. The van der Waals surface area contributed by atoms with Crippen molar-refractivity contribution in [1.29, 1.82) is 5.26 Å². The first-order chi connectivity index (χ1) is 13.5. The predicted molar refractivity (Wildman–Crippen MR) is 110 cm³/mol. The van der Waals surface area contributed by atoms with E-state index in [9.17, 15) is 10.1 Å². The lowest BCUT2D eigenvalue weighted by Crippen LogP contribution is -2.11. The first-order valence-electron chi connectivity index (χ1n) is 8.52. The van der Waals surface area contributed by atoms with Gasteiger partial charge in [-0.1, -0.05) is 12.1 Å². The van der Waals surface area contributed by atoms with Crippen LogP contribution in [0.3, 0.4) is 0 Å². The molecule has 0 unspecified atom stereocenters. The maximum Gasteiger partial charge on any atom is 0.259 e. The Bertz CT molecular complexity index is 1140. The Balaban J connectivity index is 2.10. The molecule has 0 fully saturated rings. The molecule has 142 valence electrons. The molecule has 0 aliphatic rings. The number of nitrogens with one attached hydrogen (secondary N) is 1. The molecule has 0 bridgehead atoms. The highest BCUT2D eigenvalue weighted by molar-refractivity contribution is 5.90. The van der Waals surface area contributed by atoms with Gasteiger partial charge in [0.2, 0.25) is 0 Å². The van der Waals surface area contributed by atoms with E-state index in [0.717, 1.165) is 11.3 Å². The van der Waals surface area contributed by atoms with Crippen LogP contribution in [0.4, 0.5) is 5.69 Å². The van der Waals surface area contributed by atoms with E-state index in [1.54, 1.807) is 18.2 Å². The Labute approximate surface area is 162 Å². The van der Waals surface area contributed by atoms with Crippen molar-refractivity contribution in [1.82, 2.24) is 9.97 Å². The van der Waals surface area contributed by atoms with Gasteiger partial charge in [-0.15, -0.1) is 0 Å². The summed E-state index contributed by atoms with van der Waals surface area (Å²) in [6, 6.07) is 13.0. The molecule has 0 saturated carbocycles. The first-order valence-corrected chi connectivity index (χ1v) is 8.52. The van der Waals surface area contributed by atoms with Crippen LogP contribution in [-0.2, 0) is 0 Å². The highest BCUT2D eigenvalue weighted by atomic mass is 16.5. The minimum absolute atomic E-state index is 0.198. The van der Waals surface area contributed by atoms with E-state index < -0.39 is 0 Å². The fourth-order valence-corrected chi connectivity index (χ4v) is 2.78. The number of aromatic amines is 1. The molecule has 0 atom stereocenters. The van der Waals surface area contributed by atoms with Crippen LogP contribution >= 0.6 is 0 Å². The number of allylic oxidation sites excluding steroid dienone is 1. The molecule has 0 spiro atoms. The summed E-state index contributed by atoms with van der Waals surface area (Å²) in [5.74, 6) is 1.09. The van der Waals surface area contributed by atoms with Gasteiger partial charge in [-0.2, -0.15) is 5.26 Å². The van der Waals surface area contributed by atoms with Crippen molar-refractivity contribution in [2.75, 3.05) is 33.2 Å². The monoisotopic (exact) mass is 376 g/mol. The minimum Gasteiger partial charge on any atom is -0.493 e. The number of hydrogen-bond donors (Lipinski definition) is 1. The quantitative estimate of drug-likeness (QED) is 0.688. The maximum atomic E-state index is 12.5. The third kappa shape index (κ3) is 3.67. The number of nitriles is 1. The van der Waals surface area contributed by atoms with Crippen molar-refractivity contribution in [2.24, 2.45) is 0 Å². The summed E-state index contributed by atoms with van der Waals surface area (Å²) < 4.78 is 10.5. The fraction of sp³-hybridized carbons (Fsp3) is 0.190.